The Morgan fingerprint density at radius 1 is 1.44 bits per heavy atom. The summed E-state index contributed by atoms with van der Waals surface area (Å²) in [6.45, 7) is 2.63. The van der Waals surface area contributed by atoms with Crippen molar-refractivity contribution >= 4 is 39.0 Å². The summed E-state index contributed by atoms with van der Waals surface area (Å²) < 4.78 is 0.948. The minimum Gasteiger partial charge on any atom is -0.393 e. The third-order valence-electron chi connectivity index (χ3n) is 2.57. The number of aryl methyl sites for hydroxylation is 1. The smallest absolute Gasteiger partial charge is 0.251 e. The number of unbranched alkanes of at least 4 members (excludes halogenated alkanes) is 1. The molecule has 0 atom stereocenters. The van der Waals surface area contributed by atoms with E-state index in [1.807, 2.05) is 25.1 Å². The van der Waals surface area contributed by atoms with E-state index in [2.05, 4.69) is 21.2 Å². The van der Waals surface area contributed by atoms with E-state index in [0.29, 0.717) is 17.1 Å². The van der Waals surface area contributed by atoms with Crippen molar-refractivity contribution in [3.8, 4) is 0 Å². The first-order valence-corrected chi connectivity index (χ1v) is 7.03. The fraction of sp³-hybridized carbons (Fsp3) is 0.385. The number of amides is 1. The number of nitrogens with two attached hydrogens (primary N) is 1. The highest BCUT2D eigenvalue weighted by atomic mass is 79.9. The molecule has 0 aliphatic carbocycles. The highest BCUT2D eigenvalue weighted by Gasteiger charge is 2.06. The summed E-state index contributed by atoms with van der Waals surface area (Å²) in [5, 5.41) is 2.88. The Kier molecular flexibility index (Phi) is 6.29. The second-order valence-corrected chi connectivity index (χ2v) is 5.52. The second-order valence-electron chi connectivity index (χ2n) is 4.14. The topological polar surface area (TPSA) is 55.1 Å². The van der Waals surface area contributed by atoms with Gasteiger partial charge in [0.15, 0.2) is 0 Å². The maximum absolute atomic E-state index is 11.8. The van der Waals surface area contributed by atoms with Gasteiger partial charge in [0.05, 0.1) is 4.99 Å². The number of carbonyl (C=O) groups is 1. The molecule has 0 bridgehead atoms. The molecule has 3 N–H and O–H groups in total. The van der Waals surface area contributed by atoms with Crippen LogP contribution in [0.25, 0.3) is 0 Å². The van der Waals surface area contributed by atoms with E-state index in [1.54, 1.807) is 0 Å². The third kappa shape index (κ3) is 5.14. The van der Waals surface area contributed by atoms with Crippen molar-refractivity contribution in [3.63, 3.8) is 0 Å². The van der Waals surface area contributed by atoms with Crippen LogP contribution < -0.4 is 11.1 Å². The number of hydrogen-bond acceptors (Lipinski definition) is 2. The van der Waals surface area contributed by atoms with Crippen molar-refractivity contribution in [3.05, 3.63) is 33.8 Å². The number of rotatable bonds is 6. The van der Waals surface area contributed by atoms with Gasteiger partial charge in [-0.15, -0.1) is 0 Å². The zero-order valence-corrected chi connectivity index (χ0v) is 12.7. The van der Waals surface area contributed by atoms with Crippen LogP contribution in [0.15, 0.2) is 22.7 Å². The minimum atomic E-state index is -0.0500. The molecule has 0 aliphatic rings. The molecule has 0 fully saturated rings. The Labute approximate surface area is 121 Å². The molecule has 1 aromatic rings. The molecule has 0 saturated heterocycles. The zero-order valence-electron chi connectivity index (χ0n) is 10.3. The molecule has 1 aromatic carbocycles. The normalized spacial score (nSPS) is 10.1. The molecule has 3 nitrogen and oxygen atoms in total. The Bertz CT molecular complexity index is 449. The van der Waals surface area contributed by atoms with Gasteiger partial charge in [0, 0.05) is 16.6 Å². The van der Waals surface area contributed by atoms with Crippen LogP contribution in [0.4, 0.5) is 0 Å². The Morgan fingerprint density at radius 3 is 2.78 bits per heavy atom. The van der Waals surface area contributed by atoms with E-state index in [4.69, 9.17) is 18.0 Å². The summed E-state index contributed by atoms with van der Waals surface area (Å²) in [6.07, 6.45) is 2.53. The lowest BCUT2D eigenvalue weighted by Gasteiger charge is -2.06. The molecule has 0 unspecified atom stereocenters. The lowest BCUT2D eigenvalue weighted by atomic mass is 10.1. The van der Waals surface area contributed by atoms with Gasteiger partial charge in [-0.2, -0.15) is 0 Å². The van der Waals surface area contributed by atoms with Crippen LogP contribution in [0, 0.1) is 6.92 Å². The Balaban J connectivity index is 2.36. The standard InChI is InChI=1S/C13H17BrN2OS/c1-9-5-6-10(8-11(9)14)13(17)16-7-3-2-4-12(15)18/h5-6,8H,2-4,7H2,1H3,(H2,15,18)(H,16,17). The van der Waals surface area contributed by atoms with Crippen molar-refractivity contribution in [2.24, 2.45) is 5.73 Å². The van der Waals surface area contributed by atoms with E-state index in [1.165, 1.54) is 0 Å². The van der Waals surface area contributed by atoms with Crippen molar-refractivity contribution in [1.82, 2.24) is 5.32 Å². The largest absolute Gasteiger partial charge is 0.393 e. The molecule has 0 aromatic heterocycles. The summed E-state index contributed by atoms with van der Waals surface area (Å²) in [5.74, 6) is -0.0500. The van der Waals surface area contributed by atoms with Gasteiger partial charge in [0.1, 0.15) is 0 Å². The first kappa shape index (κ1) is 15.1. The molecule has 98 valence electrons. The fourth-order valence-corrected chi connectivity index (χ4v) is 1.99. The summed E-state index contributed by atoms with van der Waals surface area (Å²) in [4.78, 5) is 12.4. The van der Waals surface area contributed by atoms with Gasteiger partial charge >= 0.3 is 0 Å². The molecule has 0 heterocycles. The average molecular weight is 329 g/mol. The number of carbonyl (C=O) groups excluding carboxylic acids is 1. The SMILES string of the molecule is Cc1ccc(C(=O)NCCCCC(N)=S)cc1Br. The summed E-state index contributed by atoms with van der Waals surface area (Å²) in [5.41, 5.74) is 7.18. The number of nitrogens with one attached hydrogen (secondary N) is 1. The molecule has 0 aliphatic heterocycles. The van der Waals surface area contributed by atoms with Crippen LogP contribution in [-0.2, 0) is 0 Å². The summed E-state index contributed by atoms with van der Waals surface area (Å²) in [7, 11) is 0. The molecule has 5 heteroatoms. The Morgan fingerprint density at radius 2 is 2.17 bits per heavy atom. The van der Waals surface area contributed by atoms with Crippen LogP contribution in [0.2, 0.25) is 0 Å². The predicted molar refractivity (Wildman–Crippen MR) is 81.8 cm³/mol. The molecule has 18 heavy (non-hydrogen) atoms. The maximum Gasteiger partial charge on any atom is 0.251 e. The highest BCUT2D eigenvalue weighted by molar-refractivity contribution is 9.10. The van der Waals surface area contributed by atoms with Crippen LogP contribution >= 0.6 is 28.1 Å². The van der Waals surface area contributed by atoms with Gasteiger partial charge in [-0.05, 0) is 43.9 Å². The quantitative estimate of drug-likeness (QED) is 0.623. The van der Waals surface area contributed by atoms with Crippen LogP contribution in [0.5, 0.6) is 0 Å². The van der Waals surface area contributed by atoms with Crippen LogP contribution in [-0.4, -0.2) is 17.4 Å². The van der Waals surface area contributed by atoms with Crippen molar-refractivity contribution < 1.29 is 4.79 Å². The van der Waals surface area contributed by atoms with E-state index in [-0.39, 0.29) is 5.91 Å². The minimum absolute atomic E-state index is 0.0500. The maximum atomic E-state index is 11.8. The van der Waals surface area contributed by atoms with E-state index < -0.39 is 0 Å². The van der Waals surface area contributed by atoms with Crippen molar-refractivity contribution in [1.29, 1.82) is 0 Å². The Hall–Kier alpha value is -0.940. The molecule has 0 saturated carbocycles. The monoisotopic (exact) mass is 328 g/mol. The second kappa shape index (κ2) is 7.48. The number of halogens is 1. The predicted octanol–water partition coefficient (Wildman–Crippen LogP) is 2.94. The van der Waals surface area contributed by atoms with Crippen LogP contribution in [0.1, 0.15) is 35.2 Å². The average Bonchev–Trinajstić information content (AvgIpc) is 2.31. The molecule has 0 radical (unpaired) electrons. The van der Waals surface area contributed by atoms with Crippen molar-refractivity contribution in [2.75, 3.05) is 6.54 Å². The van der Waals surface area contributed by atoms with Gasteiger partial charge in [-0.25, -0.2) is 0 Å². The van der Waals surface area contributed by atoms with Crippen LogP contribution in [0.3, 0.4) is 0 Å². The number of benzene rings is 1. The van der Waals surface area contributed by atoms with Gasteiger partial charge in [-0.1, -0.05) is 34.2 Å². The first-order valence-electron chi connectivity index (χ1n) is 5.83. The highest BCUT2D eigenvalue weighted by Crippen LogP contribution is 2.17. The summed E-state index contributed by atoms with van der Waals surface area (Å²) in [6, 6.07) is 5.58. The third-order valence-corrected chi connectivity index (χ3v) is 3.63. The number of thiocarbonyl (C=S) groups is 1. The molecule has 1 rings (SSSR count). The van der Waals surface area contributed by atoms with Gasteiger partial charge in [-0.3, -0.25) is 4.79 Å². The molecular formula is C13H17BrN2OS. The van der Waals surface area contributed by atoms with Gasteiger partial charge < -0.3 is 11.1 Å². The van der Waals surface area contributed by atoms with Gasteiger partial charge in [0.2, 0.25) is 0 Å². The number of hydrogen-bond donors (Lipinski definition) is 2. The lowest BCUT2D eigenvalue weighted by molar-refractivity contribution is 0.0953. The van der Waals surface area contributed by atoms with Gasteiger partial charge in [0.25, 0.3) is 5.91 Å². The molecule has 1 amide bonds. The molecular weight excluding hydrogens is 312 g/mol. The van der Waals surface area contributed by atoms with Crippen molar-refractivity contribution in [2.45, 2.75) is 26.2 Å². The first-order chi connectivity index (χ1) is 8.50. The van der Waals surface area contributed by atoms with E-state index >= 15 is 0 Å². The fourth-order valence-electron chi connectivity index (χ4n) is 1.46. The van der Waals surface area contributed by atoms with E-state index in [0.717, 1.165) is 29.3 Å². The lowest BCUT2D eigenvalue weighted by Crippen LogP contribution is -2.24. The zero-order chi connectivity index (χ0) is 13.5. The molecule has 0 spiro atoms. The summed E-state index contributed by atoms with van der Waals surface area (Å²) >= 11 is 8.20. The van der Waals surface area contributed by atoms with E-state index in [9.17, 15) is 4.79 Å².